The van der Waals surface area contributed by atoms with Crippen molar-refractivity contribution in [2.75, 3.05) is 43.4 Å². The molecule has 3 fully saturated rings. The number of imide groups is 1. The summed E-state index contributed by atoms with van der Waals surface area (Å²) < 4.78 is 0. The lowest BCUT2D eigenvalue weighted by Crippen LogP contribution is -2.57. The molecule has 1 aromatic carbocycles. The maximum atomic E-state index is 13.2. The molecular formula is C26H34ClN7O3. The Hall–Kier alpha value is -3.27. The minimum absolute atomic E-state index is 0.137. The number of anilines is 2. The summed E-state index contributed by atoms with van der Waals surface area (Å²) in [5.41, 5.74) is 7.74. The normalized spacial score (nSPS) is 21.3. The van der Waals surface area contributed by atoms with Gasteiger partial charge in [-0.3, -0.25) is 9.69 Å². The number of likely N-dealkylation sites (tertiary alicyclic amines) is 1. The Morgan fingerprint density at radius 1 is 0.919 bits per heavy atom. The highest BCUT2D eigenvalue weighted by Gasteiger charge is 2.34. The van der Waals surface area contributed by atoms with Gasteiger partial charge in [0.1, 0.15) is 11.9 Å². The fourth-order valence-corrected chi connectivity index (χ4v) is 5.72. The second-order valence-electron chi connectivity index (χ2n) is 10.1. The Balaban J connectivity index is 1.20. The highest BCUT2D eigenvalue weighted by Crippen LogP contribution is 2.30. The molecule has 0 radical (unpaired) electrons. The lowest BCUT2D eigenvalue weighted by molar-refractivity contribution is -0.129. The Bertz CT molecular complexity index is 1170. The van der Waals surface area contributed by atoms with Crippen molar-refractivity contribution in [1.29, 1.82) is 0 Å². The third-order valence-corrected chi connectivity index (χ3v) is 7.83. The smallest absolute Gasteiger partial charge is 0.324 e. The number of nitrogens with zero attached hydrogens (tertiary/aromatic N) is 4. The average Bonchev–Trinajstić information content (AvgIpc) is 3.32. The van der Waals surface area contributed by atoms with Crippen molar-refractivity contribution in [3.63, 3.8) is 0 Å². The van der Waals surface area contributed by atoms with E-state index in [9.17, 15) is 14.4 Å². The van der Waals surface area contributed by atoms with Gasteiger partial charge in [-0.1, -0.05) is 24.4 Å². The number of rotatable bonds is 3. The van der Waals surface area contributed by atoms with E-state index in [2.05, 4.69) is 20.5 Å². The summed E-state index contributed by atoms with van der Waals surface area (Å²) in [5, 5.41) is 7.46. The molecule has 0 spiro atoms. The zero-order valence-electron chi connectivity index (χ0n) is 20.9. The number of carbonyl (C=O) groups excluding carboxylic acids is 3. The molecule has 2 aliphatic heterocycles. The predicted octanol–water partition coefficient (Wildman–Crippen LogP) is 3.34. The number of hydrogen-bond donors (Lipinski definition) is 3. The molecule has 10 nitrogen and oxygen atoms in total. The van der Waals surface area contributed by atoms with E-state index in [0.29, 0.717) is 50.0 Å². The van der Waals surface area contributed by atoms with Crippen LogP contribution in [0.5, 0.6) is 0 Å². The molecule has 198 valence electrons. The summed E-state index contributed by atoms with van der Waals surface area (Å²) in [4.78, 5) is 48.7. The SMILES string of the molecule is Nc1cc(N2CCN(C(=O)NC3CCCCN(C(=O)NC4CCCC4)C3=O)CC2)c2ccc(Cl)cc2n1. The van der Waals surface area contributed by atoms with E-state index >= 15 is 0 Å². The van der Waals surface area contributed by atoms with Crippen molar-refractivity contribution < 1.29 is 14.4 Å². The van der Waals surface area contributed by atoms with E-state index in [1.165, 1.54) is 4.90 Å². The maximum Gasteiger partial charge on any atom is 0.324 e. The Labute approximate surface area is 221 Å². The number of urea groups is 2. The molecule has 3 aliphatic rings. The number of hydrogen-bond acceptors (Lipinski definition) is 6. The summed E-state index contributed by atoms with van der Waals surface area (Å²) in [6.45, 7) is 2.61. The summed E-state index contributed by atoms with van der Waals surface area (Å²) in [6, 6.07) is 6.23. The molecule has 1 aliphatic carbocycles. The van der Waals surface area contributed by atoms with E-state index < -0.39 is 6.04 Å². The number of aromatic nitrogens is 1. The monoisotopic (exact) mass is 527 g/mol. The summed E-state index contributed by atoms with van der Waals surface area (Å²) in [5.74, 6) is 0.0933. The standard InChI is InChI=1S/C26H34ClN7O3/c27-17-8-9-19-21(15-17)30-23(28)16-22(19)32-11-13-33(14-12-32)25(36)31-20-7-3-4-10-34(24(20)35)26(37)29-18-5-1-2-6-18/h8-9,15-16,18,20H,1-7,10-14H2,(H2,28,30)(H,29,37)(H,31,36). The quantitative estimate of drug-likeness (QED) is 0.562. The topological polar surface area (TPSA) is 124 Å². The third kappa shape index (κ3) is 5.69. The Kier molecular flexibility index (Phi) is 7.55. The number of amides is 5. The van der Waals surface area contributed by atoms with Crippen LogP contribution in [-0.2, 0) is 4.79 Å². The van der Waals surface area contributed by atoms with Gasteiger partial charge in [-0.05, 0) is 50.3 Å². The molecule has 37 heavy (non-hydrogen) atoms. The summed E-state index contributed by atoms with van der Waals surface area (Å²) in [6.07, 6.45) is 6.16. The lowest BCUT2D eigenvalue weighted by Gasteiger charge is -2.37. The maximum absolute atomic E-state index is 13.2. The molecule has 1 saturated carbocycles. The molecular weight excluding hydrogens is 494 g/mol. The van der Waals surface area contributed by atoms with E-state index in [1.54, 1.807) is 11.0 Å². The van der Waals surface area contributed by atoms with Crippen LogP contribution in [0.4, 0.5) is 21.1 Å². The number of carbonyl (C=O) groups is 3. The van der Waals surface area contributed by atoms with Crippen LogP contribution in [0.25, 0.3) is 10.9 Å². The molecule has 1 unspecified atom stereocenters. The number of halogens is 1. The van der Waals surface area contributed by atoms with Gasteiger partial charge in [-0.15, -0.1) is 0 Å². The number of pyridine rings is 1. The van der Waals surface area contributed by atoms with Crippen LogP contribution in [0.1, 0.15) is 44.9 Å². The highest BCUT2D eigenvalue weighted by molar-refractivity contribution is 6.31. The molecule has 1 aromatic heterocycles. The fraction of sp³-hybridized carbons (Fsp3) is 0.538. The van der Waals surface area contributed by atoms with E-state index in [1.807, 2.05) is 18.2 Å². The zero-order valence-corrected chi connectivity index (χ0v) is 21.7. The second kappa shape index (κ2) is 11.0. The van der Waals surface area contributed by atoms with Gasteiger partial charge in [0, 0.05) is 60.9 Å². The minimum Gasteiger partial charge on any atom is -0.384 e. The first-order valence-electron chi connectivity index (χ1n) is 13.2. The van der Waals surface area contributed by atoms with Gasteiger partial charge in [0.05, 0.1) is 5.52 Å². The van der Waals surface area contributed by atoms with Crippen molar-refractivity contribution in [3.8, 4) is 0 Å². The molecule has 5 rings (SSSR count). The molecule has 2 saturated heterocycles. The highest BCUT2D eigenvalue weighted by atomic mass is 35.5. The van der Waals surface area contributed by atoms with Crippen molar-refractivity contribution in [2.24, 2.45) is 0 Å². The van der Waals surface area contributed by atoms with Gasteiger partial charge in [0.15, 0.2) is 0 Å². The number of benzene rings is 1. The van der Waals surface area contributed by atoms with Crippen LogP contribution in [0, 0.1) is 0 Å². The van der Waals surface area contributed by atoms with Crippen molar-refractivity contribution in [2.45, 2.75) is 57.0 Å². The lowest BCUT2D eigenvalue weighted by atomic mass is 10.1. The van der Waals surface area contributed by atoms with Crippen LogP contribution < -0.4 is 21.3 Å². The summed E-state index contributed by atoms with van der Waals surface area (Å²) in [7, 11) is 0. The first-order valence-corrected chi connectivity index (χ1v) is 13.5. The van der Waals surface area contributed by atoms with Crippen LogP contribution in [0.3, 0.4) is 0 Å². The predicted molar refractivity (Wildman–Crippen MR) is 144 cm³/mol. The second-order valence-corrected chi connectivity index (χ2v) is 10.6. The number of nitrogens with two attached hydrogens (primary N) is 1. The first kappa shape index (κ1) is 25.4. The molecule has 3 heterocycles. The van der Waals surface area contributed by atoms with Crippen LogP contribution >= 0.6 is 11.6 Å². The number of piperazine rings is 1. The number of nitrogen functional groups attached to an aromatic ring is 1. The molecule has 1 atom stereocenters. The van der Waals surface area contributed by atoms with Crippen LogP contribution in [-0.4, -0.2) is 77.6 Å². The summed E-state index contributed by atoms with van der Waals surface area (Å²) >= 11 is 6.13. The Morgan fingerprint density at radius 2 is 1.65 bits per heavy atom. The molecule has 0 bridgehead atoms. The van der Waals surface area contributed by atoms with Gasteiger partial charge >= 0.3 is 12.1 Å². The minimum atomic E-state index is -0.698. The largest absolute Gasteiger partial charge is 0.384 e. The third-order valence-electron chi connectivity index (χ3n) is 7.59. The fourth-order valence-electron chi connectivity index (χ4n) is 5.55. The van der Waals surface area contributed by atoms with Crippen molar-refractivity contribution >= 4 is 52.0 Å². The average molecular weight is 528 g/mol. The van der Waals surface area contributed by atoms with Gasteiger partial charge < -0.3 is 26.2 Å². The zero-order chi connectivity index (χ0) is 25.9. The van der Waals surface area contributed by atoms with Crippen molar-refractivity contribution in [1.82, 2.24) is 25.4 Å². The molecule has 11 heteroatoms. The Morgan fingerprint density at radius 3 is 2.41 bits per heavy atom. The van der Waals surface area contributed by atoms with Gasteiger partial charge in [-0.25, -0.2) is 14.6 Å². The number of nitrogens with one attached hydrogen (secondary N) is 2. The first-order chi connectivity index (χ1) is 17.9. The van der Waals surface area contributed by atoms with E-state index in [0.717, 1.165) is 55.1 Å². The number of fused-ring (bicyclic) bond motifs is 1. The van der Waals surface area contributed by atoms with Crippen molar-refractivity contribution in [3.05, 3.63) is 29.3 Å². The van der Waals surface area contributed by atoms with Gasteiger partial charge in [0.25, 0.3) is 5.91 Å². The van der Waals surface area contributed by atoms with Gasteiger partial charge in [0.2, 0.25) is 0 Å². The molecule has 5 amide bonds. The molecule has 2 aromatic rings. The van der Waals surface area contributed by atoms with E-state index in [-0.39, 0.29) is 24.0 Å². The van der Waals surface area contributed by atoms with Gasteiger partial charge in [-0.2, -0.15) is 0 Å². The van der Waals surface area contributed by atoms with Crippen LogP contribution in [0.2, 0.25) is 5.02 Å². The van der Waals surface area contributed by atoms with E-state index in [4.69, 9.17) is 17.3 Å². The van der Waals surface area contributed by atoms with Crippen LogP contribution in [0.15, 0.2) is 24.3 Å². The molecule has 4 N–H and O–H groups in total.